The number of nitrogens with zero attached hydrogens (tertiary/aromatic N) is 1. The highest BCUT2D eigenvalue weighted by Crippen LogP contribution is 2.32. The lowest BCUT2D eigenvalue weighted by Gasteiger charge is -2.47. The molecule has 0 aromatic rings. The van der Waals surface area contributed by atoms with E-state index < -0.39 is 23.2 Å². The zero-order chi connectivity index (χ0) is 11.9. The van der Waals surface area contributed by atoms with Gasteiger partial charge in [-0.05, 0) is 34.1 Å². The van der Waals surface area contributed by atoms with E-state index >= 15 is 0 Å². The second-order valence-electron chi connectivity index (χ2n) is 4.96. The molecule has 1 saturated heterocycles. The first-order valence-corrected chi connectivity index (χ1v) is 4.91. The van der Waals surface area contributed by atoms with Crippen molar-refractivity contribution in [3.8, 4) is 0 Å². The topological polar surface area (TPSA) is 66.8 Å². The molecule has 1 rings (SSSR count). The molecule has 0 aliphatic carbocycles. The molecule has 0 bridgehead atoms. The van der Waals surface area contributed by atoms with Gasteiger partial charge in [0.15, 0.2) is 0 Å². The molecule has 1 atom stereocenters. The van der Waals surface area contributed by atoms with Crippen LogP contribution in [0, 0.1) is 0 Å². The summed E-state index contributed by atoms with van der Waals surface area (Å²) in [5.41, 5.74) is -1.58. The van der Waals surface area contributed by atoms with Gasteiger partial charge in [0.05, 0.1) is 0 Å². The Hall–Kier alpha value is -1.26. The molecule has 0 aromatic carbocycles. The monoisotopic (exact) mass is 215 g/mol. The van der Waals surface area contributed by atoms with Gasteiger partial charge in [-0.25, -0.2) is 9.59 Å². The van der Waals surface area contributed by atoms with Crippen LogP contribution in [0.2, 0.25) is 0 Å². The molecular formula is C10H17NO4. The largest absolute Gasteiger partial charge is 0.465 e. The molecule has 1 heterocycles. The Morgan fingerprint density at radius 3 is 2.20 bits per heavy atom. The number of carbonyl (C=O) groups is 2. The number of ether oxygens (including phenoxy) is 1. The predicted molar refractivity (Wildman–Crippen MR) is 53.6 cm³/mol. The molecule has 0 radical (unpaired) electrons. The van der Waals surface area contributed by atoms with Gasteiger partial charge in [-0.15, -0.1) is 0 Å². The van der Waals surface area contributed by atoms with Crippen LogP contribution in [0.5, 0.6) is 0 Å². The van der Waals surface area contributed by atoms with E-state index in [4.69, 9.17) is 9.84 Å². The normalized spacial score (nSPS) is 25.7. The maximum absolute atomic E-state index is 11.8. The van der Waals surface area contributed by atoms with E-state index in [0.29, 0.717) is 13.0 Å². The standard InChI is InChI=1S/C10H17NO4/c1-9(2,3)15-7(12)10(4)5-6-11(10)8(13)14/h5-6H2,1-4H3,(H,13,14). The van der Waals surface area contributed by atoms with Crippen molar-refractivity contribution < 1.29 is 19.4 Å². The minimum Gasteiger partial charge on any atom is -0.465 e. The highest BCUT2D eigenvalue weighted by molar-refractivity contribution is 5.87. The van der Waals surface area contributed by atoms with Crippen molar-refractivity contribution in [2.75, 3.05) is 6.54 Å². The van der Waals surface area contributed by atoms with Gasteiger partial charge in [0.1, 0.15) is 11.1 Å². The third kappa shape index (κ3) is 2.22. The van der Waals surface area contributed by atoms with Crippen molar-refractivity contribution in [3.05, 3.63) is 0 Å². The lowest BCUT2D eigenvalue weighted by Crippen LogP contribution is -2.65. The van der Waals surface area contributed by atoms with Gasteiger partial charge in [-0.3, -0.25) is 4.90 Å². The summed E-state index contributed by atoms with van der Waals surface area (Å²) >= 11 is 0. The Bertz CT molecular complexity index is 294. The SMILES string of the molecule is CC(C)(C)OC(=O)C1(C)CCN1C(=O)O. The molecule has 1 N–H and O–H groups in total. The average molecular weight is 215 g/mol. The molecule has 1 aliphatic heterocycles. The summed E-state index contributed by atoms with van der Waals surface area (Å²) in [6.07, 6.45) is -0.552. The van der Waals surface area contributed by atoms with Crippen LogP contribution in [0.4, 0.5) is 4.79 Å². The molecule has 5 nitrogen and oxygen atoms in total. The number of esters is 1. The van der Waals surface area contributed by atoms with Crippen molar-refractivity contribution >= 4 is 12.1 Å². The van der Waals surface area contributed by atoms with Crippen LogP contribution in [0.3, 0.4) is 0 Å². The van der Waals surface area contributed by atoms with Crippen LogP contribution in [-0.4, -0.2) is 39.8 Å². The second-order valence-corrected chi connectivity index (χ2v) is 4.96. The molecule has 15 heavy (non-hydrogen) atoms. The quantitative estimate of drug-likeness (QED) is 0.672. The maximum atomic E-state index is 11.8. The van der Waals surface area contributed by atoms with Crippen molar-refractivity contribution in [2.45, 2.75) is 45.3 Å². The van der Waals surface area contributed by atoms with Crippen LogP contribution >= 0.6 is 0 Å². The third-order valence-corrected chi connectivity index (χ3v) is 2.49. The van der Waals surface area contributed by atoms with Crippen molar-refractivity contribution in [1.29, 1.82) is 0 Å². The lowest BCUT2D eigenvalue weighted by molar-refractivity contribution is -0.175. The van der Waals surface area contributed by atoms with Crippen LogP contribution in [0.15, 0.2) is 0 Å². The molecule has 0 saturated carbocycles. The number of amides is 1. The Morgan fingerprint density at radius 2 is 1.93 bits per heavy atom. The van der Waals surface area contributed by atoms with E-state index in [0.717, 1.165) is 4.90 Å². The summed E-state index contributed by atoms with van der Waals surface area (Å²) in [6, 6.07) is 0. The predicted octanol–water partition coefficient (Wildman–Crippen LogP) is 1.47. The molecule has 0 spiro atoms. The summed E-state index contributed by atoms with van der Waals surface area (Å²) in [5, 5.41) is 8.83. The Kier molecular flexibility index (Phi) is 2.67. The van der Waals surface area contributed by atoms with Crippen molar-refractivity contribution in [3.63, 3.8) is 0 Å². The highest BCUT2D eigenvalue weighted by Gasteiger charge is 2.51. The fourth-order valence-electron chi connectivity index (χ4n) is 1.47. The maximum Gasteiger partial charge on any atom is 0.408 e. The molecule has 1 aliphatic rings. The summed E-state index contributed by atoms with van der Waals surface area (Å²) in [6.45, 7) is 7.28. The number of likely N-dealkylation sites (tertiary alicyclic amines) is 1. The van der Waals surface area contributed by atoms with Gasteiger partial charge in [0.2, 0.25) is 0 Å². The minimum atomic E-state index is -1.07. The molecule has 1 amide bonds. The molecule has 5 heteroatoms. The van der Waals surface area contributed by atoms with E-state index in [-0.39, 0.29) is 0 Å². The Labute approximate surface area is 89.0 Å². The third-order valence-electron chi connectivity index (χ3n) is 2.49. The minimum absolute atomic E-state index is 0.394. The molecular weight excluding hydrogens is 198 g/mol. The lowest BCUT2D eigenvalue weighted by atomic mass is 9.87. The van der Waals surface area contributed by atoms with E-state index in [1.807, 2.05) is 0 Å². The summed E-state index contributed by atoms with van der Waals surface area (Å²) in [4.78, 5) is 23.6. The summed E-state index contributed by atoms with van der Waals surface area (Å²) in [7, 11) is 0. The smallest absolute Gasteiger partial charge is 0.408 e. The van der Waals surface area contributed by atoms with E-state index in [1.54, 1.807) is 27.7 Å². The first-order chi connectivity index (χ1) is 6.67. The number of hydrogen-bond donors (Lipinski definition) is 1. The van der Waals surface area contributed by atoms with Crippen LogP contribution in [-0.2, 0) is 9.53 Å². The fourth-order valence-corrected chi connectivity index (χ4v) is 1.47. The Balaban J connectivity index is 2.71. The number of carboxylic acid groups (broad SMARTS) is 1. The summed E-state index contributed by atoms with van der Waals surface area (Å²) in [5.74, 6) is -0.469. The number of carbonyl (C=O) groups excluding carboxylic acids is 1. The number of rotatable bonds is 1. The molecule has 1 unspecified atom stereocenters. The van der Waals surface area contributed by atoms with Gasteiger partial charge in [0, 0.05) is 6.54 Å². The van der Waals surface area contributed by atoms with E-state index in [9.17, 15) is 9.59 Å². The first kappa shape index (κ1) is 11.8. The van der Waals surface area contributed by atoms with Gasteiger partial charge in [0.25, 0.3) is 0 Å². The van der Waals surface area contributed by atoms with Crippen LogP contribution < -0.4 is 0 Å². The van der Waals surface area contributed by atoms with Gasteiger partial charge in [-0.1, -0.05) is 0 Å². The number of hydrogen-bond acceptors (Lipinski definition) is 3. The molecule has 0 aromatic heterocycles. The van der Waals surface area contributed by atoms with Gasteiger partial charge < -0.3 is 9.84 Å². The van der Waals surface area contributed by atoms with Crippen LogP contribution in [0.1, 0.15) is 34.1 Å². The second kappa shape index (κ2) is 3.40. The highest BCUT2D eigenvalue weighted by atomic mass is 16.6. The zero-order valence-electron chi connectivity index (χ0n) is 9.53. The van der Waals surface area contributed by atoms with E-state index in [1.165, 1.54) is 0 Å². The summed E-state index contributed by atoms with van der Waals surface area (Å²) < 4.78 is 5.18. The van der Waals surface area contributed by atoms with Crippen molar-refractivity contribution in [1.82, 2.24) is 4.90 Å². The van der Waals surface area contributed by atoms with Gasteiger partial charge in [-0.2, -0.15) is 0 Å². The first-order valence-electron chi connectivity index (χ1n) is 4.91. The molecule has 1 fully saturated rings. The fraction of sp³-hybridized carbons (Fsp3) is 0.800. The average Bonchev–Trinajstić information content (AvgIpc) is 1.96. The van der Waals surface area contributed by atoms with Gasteiger partial charge >= 0.3 is 12.1 Å². The van der Waals surface area contributed by atoms with Crippen LogP contribution in [0.25, 0.3) is 0 Å². The van der Waals surface area contributed by atoms with E-state index in [2.05, 4.69) is 0 Å². The zero-order valence-corrected chi connectivity index (χ0v) is 9.53. The van der Waals surface area contributed by atoms with Crippen molar-refractivity contribution in [2.24, 2.45) is 0 Å². The molecule has 86 valence electrons. The Morgan fingerprint density at radius 1 is 1.40 bits per heavy atom.